The van der Waals surface area contributed by atoms with Crippen LogP contribution < -0.4 is 9.04 Å². The van der Waals surface area contributed by atoms with E-state index in [0.717, 1.165) is 9.18 Å². The molecule has 0 saturated carbocycles. The standard InChI is InChI=1S/C23H21N3O6S2/c1-15(21-24-25-22(32-21)20-8-5-13-33-20)31-23(27)16-6-4-7-19(14-16)34(28,29)26(2)17-9-11-18(30-3)12-10-17/h4-15H,1-3H3. The molecule has 0 bridgehead atoms. The third-order valence-corrected chi connectivity index (χ3v) is 7.61. The Labute approximate surface area is 200 Å². The second kappa shape index (κ2) is 9.65. The number of methoxy groups -OCH3 is 1. The van der Waals surface area contributed by atoms with Crippen molar-refractivity contribution in [2.24, 2.45) is 0 Å². The predicted molar refractivity (Wildman–Crippen MR) is 126 cm³/mol. The maximum atomic E-state index is 13.1. The smallest absolute Gasteiger partial charge is 0.338 e. The van der Waals surface area contributed by atoms with E-state index in [1.807, 2.05) is 17.5 Å². The summed E-state index contributed by atoms with van der Waals surface area (Å²) in [4.78, 5) is 13.5. The van der Waals surface area contributed by atoms with Gasteiger partial charge in [0.25, 0.3) is 21.8 Å². The number of carbonyl (C=O) groups is 1. The summed E-state index contributed by atoms with van der Waals surface area (Å²) in [6.07, 6.45) is -0.823. The Morgan fingerprint density at radius 1 is 1.09 bits per heavy atom. The van der Waals surface area contributed by atoms with E-state index in [-0.39, 0.29) is 16.3 Å². The van der Waals surface area contributed by atoms with Crippen LogP contribution in [0, 0.1) is 0 Å². The number of nitrogens with zero attached hydrogens (tertiary/aromatic N) is 3. The molecule has 4 aromatic rings. The highest BCUT2D eigenvalue weighted by atomic mass is 32.2. The summed E-state index contributed by atoms with van der Waals surface area (Å²) < 4.78 is 43.5. The van der Waals surface area contributed by atoms with Gasteiger partial charge in [-0.2, -0.15) is 0 Å². The maximum absolute atomic E-state index is 13.1. The van der Waals surface area contributed by atoms with Gasteiger partial charge in [-0.1, -0.05) is 12.1 Å². The van der Waals surface area contributed by atoms with Gasteiger partial charge in [0.1, 0.15) is 5.75 Å². The first-order chi connectivity index (χ1) is 16.3. The van der Waals surface area contributed by atoms with Crippen LogP contribution in [0.15, 0.2) is 75.4 Å². The Balaban J connectivity index is 1.50. The molecule has 34 heavy (non-hydrogen) atoms. The molecule has 0 N–H and O–H groups in total. The zero-order valence-corrected chi connectivity index (χ0v) is 20.2. The number of carbonyl (C=O) groups excluding carboxylic acids is 1. The normalized spacial score (nSPS) is 12.2. The zero-order valence-electron chi connectivity index (χ0n) is 18.5. The van der Waals surface area contributed by atoms with Crippen molar-refractivity contribution in [2.75, 3.05) is 18.5 Å². The number of aromatic nitrogens is 2. The molecule has 0 radical (unpaired) electrons. The average molecular weight is 500 g/mol. The van der Waals surface area contributed by atoms with Gasteiger partial charge in [0.05, 0.1) is 28.1 Å². The molecular formula is C23H21N3O6S2. The lowest BCUT2D eigenvalue weighted by molar-refractivity contribution is 0.0279. The van der Waals surface area contributed by atoms with Crippen LogP contribution in [0.3, 0.4) is 0 Å². The average Bonchev–Trinajstić information content (AvgIpc) is 3.56. The Kier molecular flexibility index (Phi) is 6.66. The van der Waals surface area contributed by atoms with E-state index in [1.165, 1.54) is 49.8 Å². The van der Waals surface area contributed by atoms with Crippen LogP contribution >= 0.6 is 11.3 Å². The fraction of sp³-hybridized carbons (Fsp3) is 0.174. The van der Waals surface area contributed by atoms with Crippen LogP contribution in [0.5, 0.6) is 5.75 Å². The monoisotopic (exact) mass is 499 g/mol. The molecule has 0 amide bonds. The lowest BCUT2D eigenvalue weighted by Crippen LogP contribution is -2.26. The van der Waals surface area contributed by atoms with Gasteiger partial charge in [0, 0.05) is 7.05 Å². The molecule has 176 valence electrons. The van der Waals surface area contributed by atoms with E-state index in [9.17, 15) is 13.2 Å². The Morgan fingerprint density at radius 3 is 2.53 bits per heavy atom. The molecule has 11 heteroatoms. The van der Waals surface area contributed by atoms with Gasteiger partial charge in [-0.25, -0.2) is 13.2 Å². The molecule has 0 aliphatic rings. The summed E-state index contributed by atoms with van der Waals surface area (Å²) in [6.45, 7) is 1.60. The highest BCUT2D eigenvalue weighted by Gasteiger charge is 2.24. The van der Waals surface area contributed by atoms with Crippen LogP contribution in [0.25, 0.3) is 10.8 Å². The number of sulfonamides is 1. The molecule has 2 aromatic carbocycles. The van der Waals surface area contributed by atoms with Gasteiger partial charge < -0.3 is 13.9 Å². The molecule has 2 heterocycles. The molecule has 0 spiro atoms. The summed E-state index contributed by atoms with van der Waals surface area (Å²) in [5.41, 5.74) is 0.523. The van der Waals surface area contributed by atoms with Crippen LogP contribution in [0.1, 0.15) is 29.3 Å². The van der Waals surface area contributed by atoms with E-state index < -0.39 is 22.1 Å². The minimum absolute atomic E-state index is 0.0503. The summed E-state index contributed by atoms with van der Waals surface area (Å²) in [5.74, 6) is 0.368. The van der Waals surface area contributed by atoms with E-state index in [0.29, 0.717) is 17.3 Å². The van der Waals surface area contributed by atoms with Crippen molar-refractivity contribution in [1.82, 2.24) is 10.2 Å². The van der Waals surface area contributed by atoms with Crippen molar-refractivity contribution in [3.05, 3.63) is 77.5 Å². The molecule has 0 aliphatic carbocycles. The fourth-order valence-electron chi connectivity index (χ4n) is 3.05. The van der Waals surface area contributed by atoms with Gasteiger partial charge in [-0.05, 0) is 60.8 Å². The van der Waals surface area contributed by atoms with Gasteiger partial charge in [0.15, 0.2) is 6.10 Å². The second-order valence-electron chi connectivity index (χ2n) is 7.17. The van der Waals surface area contributed by atoms with E-state index in [2.05, 4.69) is 10.2 Å². The maximum Gasteiger partial charge on any atom is 0.338 e. The highest BCUT2D eigenvalue weighted by Crippen LogP contribution is 2.27. The lowest BCUT2D eigenvalue weighted by Gasteiger charge is -2.20. The molecule has 0 fully saturated rings. The second-order valence-corrected chi connectivity index (χ2v) is 10.1. The Bertz CT molecular complexity index is 1380. The SMILES string of the molecule is COc1ccc(N(C)S(=O)(=O)c2cccc(C(=O)OC(C)c3nnc(-c4cccs4)o3)c2)cc1. The van der Waals surface area contributed by atoms with Crippen LogP contribution in [-0.2, 0) is 14.8 Å². The third kappa shape index (κ3) is 4.80. The molecule has 2 aromatic heterocycles. The van der Waals surface area contributed by atoms with Gasteiger partial charge in [-0.3, -0.25) is 4.31 Å². The number of thiophene rings is 1. The molecular weight excluding hydrogens is 478 g/mol. The van der Waals surface area contributed by atoms with E-state index in [4.69, 9.17) is 13.9 Å². The number of anilines is 1. The minimum atomic E-state index is -3.93. The van der Waals surface area contributed by atoms with Crippen molar-refractivity contribution in [2.45, 2.75) is 17.9 Å². The first-order valence-electron chi connectivity index (χ1n) is 10.1. The van der Waals surface area contributed by atoms with Crippen LogP contribution in [-0.4, -0.2) is 38.7 Å². The summed E-state index contributed by atoms with van der Waals surface area (Å²) in [6, 6.07) is 15.9. The number of hydrogen-bond donors (Lipinski definition) is 0. The highest BCUT2D eigenvalue weighted by molar-refractivity contribution is 7.92. The molecule has 1 unspecified atom stereocenters. The lowest BCUT2D eigenvalue weighted by atomic mass is 10.2. The number of hydrogen-bond acceptors (Lipinski definition) is 9. The Hall–Kier alpha value is -3.70. The number of benzene rings is 2. The molecule has 0 aliphatic heterocycles. The number of ether oxygens (including phenoxy) is 2. The number of esters is 1. The summed E-state index contributed by atoms with van der Waals surface area (Å²) in [5, 5.41) is 9.81. The van der Waals surface area contributed by atoms with E-state index >= 15 is 0 Å². The van der Waals surface area contributed by atoms with Gasteiger partial charge in [0.2, 0.25) is 0 Å². The Morgan fingerprint density at radius 2 is 1.85 bits per heavy atom. The largest absolute Gasteiger partial charge is 0.497 e. The fourth-order valence-corrected chi connectivity index (χ4v) is 4.94. The predicted octanol–water partition coefficient (Wildman–Crippen LogP) is 4.55. The minimum Gasteiger partial charge on any atom is -0.497 e. The quantitative estimate of drug-likeness (QED) is 0.325. The summed E-state index contributed by atoms with van der Waals surface area (Å²) in [7, 11) is -0.960. The van der Waals surface area contributed by atoms with Crippen LogP contribution in [0.2, 0.25) is 0 Å². The third-order valence-electron chi connectivity index (χ3n) is 4.97. The zero-order chi connectivity index (χ0) is 24.3. The first-order valence-corrected chi connectivity index (χ1v) is 12.4. The van der Waals surface area contributed by atoms with Crippen molar-refractivity contribution < 1.29 is 27.1 Å². The van der Waals surface area contributed by atoms with Gasteiger partial charge in [-0.15, -0.1) is 21.5 Å². The molecule has 4 rings (SSSR count). The van der Waals surface area contributed by atoms with Crippen molar-refractivity contribution in [3.63, 3.8) is 0 Å². The van der Waals surface area contributed by atoms with Crippen molar-refractivity contribution in [1.29, 1.82) is 0 Å². The van der Waals surface area contributed by atoms with Crippen molar-refractivity contribution in [3.8, 4) is 16.5 Å². The molecule has 9 nitrogen and oxygen atoms in total. The topological polar surface area (TPSA) is 112 Å². The number of rotatable bonds is 8. The van der Waals surface area contributed by atoms with Crippen LogP contribution in [0.4, 0.5) is 5.69 Å². The first kappa shape index (κ1) is 23.5. The van der Waals surface area contributed by atoms with E-state index in [1.54, 1.807) is 31.2 Å². The van der Waals surface area contributed by atoms with Gasteiger partial charge >= 0.3 is 5.97 Å². The van der Waals surface area contributed by atoms with Crippen molar-refractivity contribution >= 4 is 33.0 Å². The summed E-state index contributed by atoms with van der Waals surface area (Å²) >= 11 is 1.45. The molecule has 1 atom stereocenters. The molecule has 0 saturated heterocycles.